The van der Waals surface area contributed by atoms with Crippen molar-refractivity contribution in [2.45, 2.75) is 80.2 Å². The highest BCUT2D eigenvalue weighted by molar-refractivity contribution is 6.05. The zero-order valence-corrected chi connectivity index (χ0v) is 60.3. The lowest BCUT2D eigenvalue weighted by molar-refractivity contribution is 0.0938. The average Bonchev–Trinajstić information content (AvgIpc) is 0.764. The second-order valence-corrected chi connectivity index (χ2v) is 28.9. The number of fused-ring (bicyclic) bond motifs is 8. The number of H-pyrrole nitrogens is 4. The first kappa shape index (κ1) is 73.7. The van der Waals surface area contributed by atoms with Crippen LogP contribution in [0.3, 0.4) is 0 Å². The number of benzene rings is 8. The number of aromatic amines is 4. The van der Waals surface area contributed by atoms with E-state index in [2.05, 4.69) is 138 Å². The van der Waals surface area contributed by atoms with Gasteiger partial charge in [-0.3, -0.25) is 48.6 Å². The first-order valence-corrected chi connectivity index (χ1v) is 37.3. The lowest BCUT2D eigenvalue weighted by Gasteiger charge is -2.37. The fourth-order valence-corrected chi connectivity index (χ4v) is 16.0. The van der Waals surface area contributed by atoms with E-state index in [4.69, 9.17) is 23.7 Å². The summed E-state index contributed by atoms with van der Waals surface area (Å²) in [5.41, 5.74) is 11.1. The Kier molecular flexibility index (Phi) is 21.8. The van der Waals surface area contributed by atoms with E-state index in [1.54, 1.807) is 7.11 Å². The lowest BCUT2D eigenvalue weighted by Crippen LogP contribution is -2.48. The third-order valence-corrected chi connectivity index (χ3v) is 21.7. The first-order valence-electron chi connectivity index (χ1n) is 37.3. The number of methoxy groups -OCH3 is 1. The van der Waals surface area contributed by atoms with Crippen LogP contribution >= 0.6 is 0 Å². The summed E-state index contributed by atoms with van der Waals surface area (Å²) in [4.78, 5) is 63.3. The molecule has 562 valence electrons. The molecule has 8 aliphatic heterocycles. The minimum absolute atomic E-state index is 0. The number of nitrogens with one attached hydrogen (secondary N) is 5. The maximum absolute atomic E-state index is 12.2. The molecule has 5 N–H and O–H groups in total. The predicted molar refractivity (Wildman–Crippen MR) is 428 cm³/mol. The molecule has 4 aromatic heterocycles. The predicted octanol–water partition coefficient (Wildman–Crippen LogP) is 12.7. The van der Waals surface area contributed by atoms with Crippen LogP contribution in [0.25, 0.3) is 88.1 Å². The van der Waals surface area contributed by atoms with Gasteiger partial charge < -0.3 is 29.0 Å². The highest BCUT2D eigenvalue weighted by atomic mass is 16.5. The summed E-state index contributed by atoms with van der Waals surface area (Å²) in [6, 6.07) is 47.8. The Labute approximate surface area is 631 Å². The van der Waals surface area contributed by atoms with Gasteiger partial charge in [0.1, 0.15) is 68.8 Å². The quantitative estimate of drug-likeness (QED) is 0.0761. The van der Waals surface area contributed by atoms with Gasteiger partial charge in [0, 0.05) is 147 Å². The van der Waals surface area contributed by atoms with Crippen LogP contribution in [0.5, 0.6) is 46.0 Å². The molecule has 109 heavy (non-hydrogen) atoms. The minimum Gasteiger partial charge on any atom is -0.456 e. The van der Waals surface area contributed by atoms with E-state index < -0.39 is 0 Å². The third kappa shape index (κ3) is 15.1. The number of hydrogen-bond acceptors (Lipinski definition) is 20. The molecule has 0 atom stereocenters. The van der Waals surface area contributed by atoms with E-state index in [-0.39, 0.29) is 37.1 Å². The van der Waals surface area contributed by atoms with Crippen molar-refractivity contribution < 1.29 is 23.7 Å². The van der Waals surface area contributed by atoms with Crippen molar-refractivity contribution in [3.05, 3.63) is 209 Å². The van der Waals surface area contributed by atoms with Gasteiger partial charge in [0.25, 0.3) is 22.2 Å². The molecular weight excluding hydrogens is 1380 g/mol. The zero-order chi connectivity index (χ0) is 72.7. The molecule has 4 saturated heterocycles. The van der Waals surface area contributed by atoms with E-state index >= 15 is 0 Å². The number of aromatic nitrogens is 8. The van der Waals surface area contributed by atoms with Crippen molar-refractivity contribution >= 4 is 43.1 Å². The molecule has 0 amide bonds. The molecule has 12 aromatic rings. The number of likely N-dealkylation sites (tertiary alicyclic amines) is 1. The molecule has 12 heterocycles. The van der Waals surface area contributed by atoms with Crippen LogP contribution in [-0.4, -0.2) is 188 Å². The minimum atomic E-state index is -0.194. The fourth-order valence-electron chi connectivity index (χ4n) is 16.0. The monoisotopic (exact) mass is 1470 g/mol. The topological polar surface area (TPSA) is 261 Å². The Morgan fingerprint density at radius 3 is 0.991 bits per heavy atom. The molecule has 0 bridgehead atoms. The normalized spacial score (nSPS) is 16.3. The van der Waals surface area contributed by atoms with Crippen molar-refractivity contribution in [2.75, 3.05) is 112 Å². The fraction of sp³-hybridized carbons (Fsp3) is 0.341. The standard InChI is InChI=1S/C22H24N4O3.C22H24N4O2.C20H19N3O2.C19H18N4O2.2CH4/c1-28-12-11-25-7-9-26(10-8-25)14-15-5-6-18-17(13-15)21-20-16(22(27)24-23-21)3-2-4-19(20)29-18;1-14(2)26-10-8-25(9-11-26)13-15-6-7-18-17(12-15)21-20-16(22(27)24-23-21)4-3-5-19(20)28-18;24-20-14-5-4-6-17-18(14)19(21-22-20)15-11-13(7-8-16(15)25-17)12-23-9-2-1-3-10-23;24-19-13-2-1-3-16-17(13)18(21-22-19)14-10-12(4-5-15(14)25-16)11-23-8-6-20-7-9-23;;/h2-6,13H,7-12,14H2,1H3,(H,24,27);3-7,12,14H,8-11,13H2,1-2H3,(H,24,27);4-8,11H,1-3,9-10,12H2,(H,22,24);1-5,10,20H,6-9,11H2,(H,22,24);2*1H4. The van der Waals surface area contributed by atoms with Gasteiger partial charge in [0.15, 0.2) is 0 Å². The number of piperazine rings is 3. The largest absolute Gasteiger partial charge is 0.456 e. The SMILES string of the molecule is C.C.CC(C)N1CCN(Cc2ccc3c(c2)-c2n[nH]c(=O)c4cccc(c24)O3)CC1.COCCN1CCN(Cc2ccc3c(c2)-c2n[nH]c(=O)c4cccc(c24)O3)CC1.O=c1[nH]nc2c3c(cccc13)Oc1ccc(CN3CCCCC3)cc1-2.O=c1[nH]nc2c3c(cccc13)Oc1ccc(CN3CCNCC3)cc1-2. The number of piperidine rings is 1. The average molecular weight is 1470 g/mol. The molecule has 8 aromatic carbocycles. The van der Waals surface area contributed by atoms with E-state index in [9.17, 15) is 19.2 Å². The summed E-state index contributed by atoms with van der Waals surface area (Å²) in [5.74, 6) is 5.90. The Bertz CT molecular complexity index is 5450. The summed E-state index contributed by atoms with van der Waals surface area (Å²) in [6.07, 6.45) is 3.90. The summed E-state index contributed by atoms with van der Waals surface area (Å²) >= 11 is 0. The number of nitrogens with zero attached hydrogens (tertiary/aromatic N) is 10. The van der Waals surface area contributed by atoms with Crippen molar-refractivity contribution in [1.82, 2.24) is 75.5 Å². The summed E-state index contributed by atoms with van der Waals surface area (Å²) in [7, 11) is 1.75. The maximum Gasteiger partial charge on any atom is 0.272 e. The van der Waals surface area contributed by atoms with Gasteiger partial charge in [-0.2, -0.15) is 20.4 Å². The second kappa shape index (κ2) is 32.2. The Balaban J connectivity index is 0.000000115. The zero-order valence-electron chi connectivity index (χ0n) is 60.3. The summed E-state index contributed by atoms with van der Waals surface area (Å²) < 4.78 is 29.4. The van der Waals surface area contributed by atoms with E-state index in [0.29, 0.717) is 50.6 Å². The van der Waals surface area contributed by atoms with Crippen LogP contribution in [0.1, 0.15) is 70.2 Å². The van der Waals surface area contributed by atoms with Crippen LogP contribution in [0, 0.1) is 0 Å². The molecular formula is C85H93N15O9. The summed E-state index contributed by atoms with van der Waals surface area (Å²) in [5, 5.41) is 36.9. The van der Waals surface area contributed by atoms with Gasteiger partial charge in [0.05, 0.1) is 49.7 Å². The maximum atomic E-state index is 12.2. The third-order valence-electron chi connectivity index (χ3n) is 21.7. The van der Waals surface area contributed by atoms with Gasteiger partial charge in [-0.1, -0.05) is 69.8 Å². The van der Waals surface area contributed by atoms with E-state index in [0.717, 1.165) is 221 Å². The van der Waals surface area contributed by atoms with Crippen LogP contribution in [-0.2, 0) is 30.9 Å². The highest BCUT2D eigenvalue weighted by Gasteiger charge is 2.30. The molecule has 20 rings (SSSR count). The molecule has 0 spiro atoms. The molecule has 0 saturated carbocycles. The van der Waals surface area contributed by atoms with Gasteiger partial charge >= 0.3 is 0 Å². The van der Waals surface area contributed by atoms with Crippen molar-refractivity contribution in [3.63, 3.8) is 0 Å². The van der Waals surface area contributed by atoms with E-state index in [1.165, 1.54) is 41.5 Å². The molecule has 4 fully saturated rings. The number of ether oxygens (including phenoxy) is 5. The van der Waals surface area contributed by atoms with Crippen LogP contribution < -0.4 is 46.5 Å². The summed E-state index contributed by atoms with van der Waals surface area (Å²) in [6.45, 7) is 25.0. The number of hydrogen-bond donors (Lipinski definition) is 5. The molecule has 0 aliphatic carbocycles. The Morgan fingerprint density at radius 1 is 0.367 bits per heavy atom. The van der Waals surface area contributed by atoms with Gasteiger partial charge in [-0.05, 0) is 159 Å². The van der Waals surface area contributed by atoms with Crippen LogP contribution in [0.4, 0.5) is 0 Å². The smallest absolute Gasteiger partial charge is 0.272 e. The highest BCUT2D eigenvalue weighted by Crippen LogP contribution is 2.49. The van der Waals surface area contributed by atoms with Gasteiger partial charge in [-0.25, -0.2) is 20.4 Å². The Hall–Kier alpha value is -10.8. The molecule has 8 aliphatic rings. The molecule has 24 nitrogen and oxygen atoms in total. The van der Waals surface area contributed by atoms with Crippen molar-refractivity contribution in [3.8, 4) is 91.0 Å². The van der Waals surface area contributed by atoms with E-state index in [1.807, 2.05) is 97.1 Å². The lowest BCUT2D eigenvalue weighted by atomic mass is 9.98. The van der Waals surface area contributed by atoms with Crippen molar-refractivity contribution in [2.24, 2.45) is 0 Å². The number of rotatable bonds is 12. The van der Waals surface area contributed by atoms with Crippen LogP contribution in [0.15, 0.2) is 165 Å². The van der Waals surface area contributed by atoms with Crippen LogP contribution in [0.2, 0.25) is 0 Å². The van der Waals surface area contributed by atoms with Crippen molar-refractivity contribution in [1.29, 1.82) is 0 Å². The molecule has 0 radical (unpaired) electrons. The second-order valence-electron chi connectivity index (χ2n) is 28.9. The van der Waals surface area contributed by atoms with Gasteiger partial charge in [0.2, 0.25) is 0 Å². The molecule has 24 heteroatoms. The Morgan fingerprint density at radius 2 is 0.670 bits per heavy atom. The first-order chi connectivity index (χ1) is 52.4. The van der Waals surface area contributed by atoms with Gasteiger partial charge in [-0.15, -0.1) is 0 Å². The molecule has 0 unspecified atom stereocenters.